The molecule has 1 aliphatic carbocycles. The van der Waals surface area contributed by atoms with Crippen LogP contribution in [0.25, 0.3) is 0 Å². The van der Waals surface area contributed by atoms with Crippen LogP contribution in [-0.2, 0) is 16.4 Å². The van der Waals surface area contributed by atoms with Crippen molar-refractivity contribution >= 4 is 11.9 Å². The molecule has 0 bridgehead atoms. The summed E-state index contributed by atoms with van der Waals surface area (Å²) in [7, 11) is 0. The molecule has 2 aliphatic rings. The number of hydrogen-bond acceptors (Lipinski definition) is 2. The molecule has 2 fully saturated rings. The van der Waals surface area contributed by atoms with Gasteiger partial charge in [-0.05, 0) is 37.8 Å². The van der Waals surface area contributed by atoms with Gasteiger partial charge in [-0.15, -0.1) is 0 Å². The third kappa shape index (κ3) is 5.22. The predicted octanol–water partition coefficient (Wildman–Crippen LogP) is 3.30. The van der Waals surface area contributed by atoms with Gasteiger partial charge in [0.2, 0.25) is 5.91 Å². The van der Waals surface area contributed by atoms with Crippen LogP contribution in [0.4, 0.5) is 13.2 Å². The van der Waals surface area contributed by atoms with Gasteiger partial charge in [-0.3, -0.25) is 9.79 Å². The van der Waals surface area contributed by atoms with Crippen LogP contribution < -0.4 is 10.6 Å². The van der Waals surface area contributed by atoms with Gasteiger partial charge in [-0.25, -0.2) is 0 Å². The molecular weight excluding hydrogens is 381 g/mol. The van der Waals surface area contributed by atoms with E-state index in [-0.39, 0.29) is 17.4 Å². The van der Waals surface area contributed by atoms with Gasteiger partial charge in [0.15, 0.2) is 5.96 Å². The molecule has 5 nitrogen and oxygen atoms in total. The maximum atomic E-state index is 13.1. The SMILES string of the molecule is CCNC(=NCC1(c2cccc(C(F)(F)F)c2)CC1)NC1CCN(C(=O)CC)C1. The minimum Gasteiger partial charge on any atom is -0.357 e. The first-order valence-corrected chi connectivity index (χ1v) is 10.3. The maximum absolute atomic E-state index is 13.1. The van der Waals surface area contributed by atoms with Gasteiger partial charge < -0.3 is 15.5 Å². The maximum Gasteiger partial charge on any atom is 0.416 e. The lowest BCUT2D eigenvalue weighted by Gasteiger charge is -2.20. The van der Waals surface area contributed by atoms with Gasteiger partial charge in [-0.2, -0.15) is 13.2 Å². The van der Waals surface area contributed by atoms with Crippen LogP contribution >= 0.6 is 0 Å². The summed E-state index contributed by atoms with van der Waals surface area (Å²) in [5.74, 6) is 0.805. The van der Waals surface area contributed by atoms with E-state index in [1.807, 2.05) is 18.7 Å². The molecule has 1 saturated heterocycles. The van der Waals surface area contributed by atoms with Crippen molar-refractivity contribution < 1.29 is 18.0 Å². The Kier molecular flexibility index (Phi) is 6.39. The summed E-state index contributed by atoms with van der Waals surface area (Å²) in [5, 5.41) is 6.59. The van der Waals surface area contributed by atoms with Crippen molar-refractivity contribution in [1.82, 2.24) is 15.5 Å². The van der Waals surface area contributed by atoms with Crippen LogP contribution in [-0.4, -0.2) is 49.0 Å². The smallest absolute Gasteiger partial charge is 0.357 e. The van der Waals surface area contributed by atoms with E-state index in [1.165, 1.54) is 12.1 Å². The number of rotatable bonds is 6. The summed E-state index contributed by atoms with van der Waals surface area (Å²) >= 11 is 0. The van der Waals surface area contributed by atoms with Crippen molar-refractivity contribution in [1.29, 1.82) is 0 Å². The van der Waals surface area contributed by atoms with Crippen LogP contribution in [0, 0.1) is 0 Å². The van der Waals surface area contributed by atoms with Gasteiger partial charge in [0.05, 0.1) is 12.1 Å². The zero-order valence-corrected chi connectivity index (χ0v) is 17.0. The Labute approximate surface area is 169 Å². The van der Waals surface area contributed by atoms with E-state index in [0.29, 0.717) is 37.6 Å². The number of carbonyl (C=O) groups excluding carboxylic acids is 1. The van der Waals surface area contributed by atoms with Crippen LogP contribution in [0.15, 0.2) is 29.3 Å². The van der Waals surface area contributed by atoms with Gasteiger partial charge >= 0.3 is 6.18 Å². The van der Waals surface area contributed by atoms with Crippen LogP contribution in [0.1, 0.15) is 50.7 Å². The second-order valence-electron chi connectivity index (χ2n) is 7.88. The Balaban J connectivity index is 1.67. The van der Waals surface area contributed by atoms with E-state index < -0.39 is 11.7 Å². The average molecular weight is 410 g/mol. The fraction of sp³-hybridized carbons (Fsp3) is 0.619. The Bertz CT molecular complexity index is 759. The van der Waals surface area contributed by atoms with Gasteiger partial charge in [0.1, 0.15) is 0 Å². The van der Waals surface area contributed by atoms with Crippen molar-refractivity contribution in [3.63, 3.8) is 0 Å². The van der Waals surface area contributed by atoms with Crippen LogP contribution in [0.5, 0.6) is 0 Å². The number of benzene rings is 1. The minimum absolute atomic E-state index is 0.131. The second-order valence-corrected chi connectivity index (χ2v) is 7.88. The molecular formula is C21H29F3N4O. The molecule has 1 aromatic carbocycles. The quantitative estimate of drug-likeness (QED) is 0.559. The lowest BCUT2D eigenvalue weighted by Crippen LogP contribution is -2.45. The first-order chi connectivity index (χ1) is 13.8. The Morgan fingerprint density at radius 1 is 1.31 bits per heavy atom. The van der Waals surface area contributed by atoms with E-state index in [1.54, 1.807) is 6.07 Å². The Hall–Kier alpha value is -2.25. The molecule has 3 rings (SSSR count). The molecule has 1 atom stereocenters. The molecule has 1 amide bonds. The van der Waals surface area contributed by atoms with Crippen molar-refractivity contribution in [2.24, 2.45) is 4.99 Å². The number of alkyl halides is 3. The molecule has 1 aliphatic heterocycles. The molecule has 0 radical (unpaired) electrons. The topological polar surface area (TPSA) is 56.7 Å². The fourth-order valence-corrected chi connectivity index (χ4v) is 3.79. The number of likely N-dealkylation sites (tertiary alicyclic amines) is 1. The van der Waals surface area contributed by atoms with E-state index in [2.05, 4.69) is 15.6 Å². The highest BCUT2D eigenvalue weighted by Crippen LogP contribution is 2.49. The third-order valence-corrected chi connectivity index (χ3v) is 5.72. The largest absolute Gasteiger partial charge is 0.416 e. The number of guanidine groups is 1. The molecule has 29 heavy (non-hydrogen) atoms. The third-order valence-electron chi connectivity index (χ3n) is 5.72. The zero-order chi connectivity index (χ0) is 21.1. The molecule has 1 heterocycles. The zero-order valence-electron chi connectivity index (χ0n) is 17.0. The lowest BCUT2D eigenvalue weighted by atomic mass is 9.94. The number of nitrogens with zero attached hydrogens (tertiary/aromatic N) is 2. The van der Waals surface area contributed by atoms with Crippen molar-refractivity contribution in [2.75, 3.05) is 26.2 Å². The van der Waals surface area contributed by atoms with E-state index >= 15 is 0 Å². The molecule has 1 unspecified atom stereocenters. The predicted molar refractivity (Wildman–Crippen MR) is 107 cm³/mol. The highest BCUT2D eigenvalue weighted by atomic mass is 19.4. The van der Waals surface area contributed by atoms with E-state index in [4.69, 9.17) is 0 Å². The number of hydrogen-bond donors (Lipinski definition) is 2. The Morgan fingerprint density at radius 3 is 2.69 bits per heavy atom. The molecule has 1 saturated carbocycles. The molecule has 0 aromatic heterocycles. The normalized spacial score (nSPS) is 21.2. The van der Waals surface area contributed by atoms with E-state index in [9.17, 15) is 18.0 Å². The van der Waals surface area contributed by atoms with E-state index in [0.717, 1.165) is 31.9 Å². The van der Waals surface area contributed by atoms with Gasteiger partial charge in [-0.1, -0.05) is 25.1 Å². The average Bonchev–Trinajstić information content (AvgIpc) is 3.35. The van der Waals surface area contributed by atoms with Crippen molar-refractivity contribution in [3.8, 4) is 0 Å². The summed E-state index contributed by atoms with van der Waals surface area (Å²) in [5.41, 5.74) is -0.224. The number of carbonyl (C=O) groups is 1. The fourth-order valence-electron chi connectivity index (χ4n) is 3.79. The standard InChI is InChI=1S/C21H29F3N4O/c1-3-18(29)28-11-8-17(13-28)27-19(25-4-2)26-14-20(9-10-20)15-6-5-7-16(12-15)21(22,23)24/h5-7,12,17H,3-4,8-11,13-14H2,1-2H3,(H2,25,26,27). The number of halogens is 3. The second kappa shape index (κ2) is 8.63. The number of aliphatic imine (C=N–C) groups is 1. The van der Waals surface area contributed by atoms with Crippen LogP contribution in [0.2, 0.25) is 0 Å². The summed E-state index contributed by atoms with van der Waals surface area (Å²) in [6.07, 6.45) is -1.32. The molecule has 1 aromatic rings. The summed E-state index contributed by atoms with van der Waals surface area (Å²) in [4.78, 5) is 18.4. The first-order valence-electron chi connectivity index (χ1n) is 10.3. The monoisotopic (exact) mass is 410 g/mol. The molecule has 2 N–H and O–H groups in total. The lowest BCUT2D eigenvalue weighted by molar-refractivity contribution is -0.137. The number of nitrogens with one attached hydrogen (secondary N) is 2. The summed E-state index contributed by atoms with van der Waals surface area (Å²) in [6.45, 7) is 6.34. The Morgan fingerprint density at radius 2 is 2.07 bits per heavy atom. The summed E-state index contributed by atoms with van der Waals surface area (Å²) < 4.78 is 39.2. The molecule has 160 valence electrons. The van der Waals surface area contributed by atoms with Gasteiger partial charge in [0.25, 0.3) is 0 Å². The van der Waals surface area contributed by atoms with Crippen molar-refractivity contribution in [2.45, 2.75) is 57.2 Å². The number of amides is 1. The summed E-state index contributed by atoms with van der Waals surface area (Å²) in [6, 6.07) is 5.74. The first kappa shape index (κ1) is 21.5. The minimum atomic E-state index is -4.34. The van der Waals surface area contributed by atoms with Crippen LogP contribution in [0.3, 0.4) is 0 Å². The highest BCUT2D eigenvalue weighted by Gasteiger charge is 2.45. The van der Waals surface area contributed by atoms with Crippen molar-refractivity contribution in [3.05, 3.63) is 35.4 Å². The molecule has 8 heteroatoms. The van der Waals surface area contributed by atoms with Gasteiger partial charge in [0, 0.05) is 37.5 Å². The highest BCUT2D eigenvalue weighted by molar-refractivity contribution is 5.81. The molecule has 0 spiro atoms.